The molecule has 1 aromatic carbocycles. The third-order valence-corrected chi connectivity index (χ3v) is 5.25. The lowest BCUT2D eigenvalue weighted by molar-refractivity contribution is -0.116. The Morgan fingerprint density at radius 1 is 1.40 bits per heavy atom. The monoisotopic (exact) mass is 358 g/mol. The zero-order valence-corrected chi connectivity index (χ0v) is 15.5. The van der Waals surface area contributed by atoms with Crippen LogP contribution in [0.25, 0.3) is 0 Å². The van der Waals surface area contributed by atoms with Gasteiger partial charge in [-0.3, -0.25) is 14.7 Å². The number of aryl methyl sites for hydroxylation is 1. The van der Waals surface area contributed by atoms with Crippen molar-refractivity contribution in [1.82, 2.24) is 15.2 Å². The molecule has 1 amide bonds. The van der Waals surface area contributed by atoms with Crippen LogP contribution in [0.3, 0.4) is 0 Å². The van der Waals surface area contributed by atoms with Crippen molar-refractivity contribution < 1.29 is 9.59 Å². The summed E-state index contributed by atoms with van der Waals surface area (Å²) in [6.07, 6.45) is 2.65. The van der Waals surface area contributed by atoms with E-state index in [1.165, 1.54) is 11.8 Å². The second-order valence-corrected chi connectivity index (χ2v) is 7.51. The summed E-state index contributed by atoms with van der Waals surface area (Å²) in [5, 5.41) is 7.41. The number of Topliss-reactive ketones (excluding diaryl/α,β-unsaturated/α-hetero) is 1. The van der Waals surface area contributed by atoms with Crippen LogP contribution in [0.5, 0.6) is 0 Å². The molecular weight excluding hydrogens is 336 g/mol. The molecule has 0 aliphatic carbocycles. The van der Waals surface area contributed by atoms with Gasteiger partial charge in [0, 0.05) is 31.1 Å². The summed E-state index contributed by atoms with van der Waals surface area (Å²) < 4.78 is 0. The van der Waals surface area contributed by atoms with E-state index in [4.69, 9.17) is 0 Å². The first-order chi connectivity index (χ1) is 12.0. The summed E-state index contributed by atoms with van der Waals surface area (Å²) in [4.78, 5) is 30.5. The van der Waals surface area contributed by atoms with Crippen molar-refractivity contribution in [3.05, 3.63) is 35.2 Å². The van der Waals surface area contributed by atoms with Crippen LogP contribution in [-0.2, 0) is 17.6 Å². The standard InChI is InChI=1S/C18H22N4O2S/c1-4-5-16-19-18(21-20-16)25-11(2)17(24)14-6-7-15-13(10-14)8-9-22(15)12(3)23/h6-7,10-11H,4-5,8-9H2,1-3H3,(H,19,20,21). The van der Waals surface area contributed by atoms with Gasteiger partial charge in [0.1, 0.15) is 5.82 Å². The van der Waals surface area contributed by atoms with Crippen molar-refractivity contribution in [2.45, 2.75) is 50.4 Å². The Bertz CT molecular complexity index is 802. The van der Waals surface area contributed by atoms with E-state index in [1.807, 2.05) is 19.1 Å². The van der Waals surface area contributed by atoms with Crippen LogP contribution in [0.2, 0.25) is 0 Å². The molecule has 1 aliphatic rings. The highest BCUT2D eigenvalue weighted by molar-refractivity contribution is 8.00. The van der Waals surface area contributed by atoms with Gasteiger partial charge in [0.05, 0.1) is 5.25 Å². The summed E-state index contributed by atoms with van der Waals surface area (Å²) >= 11 is 1.36. The number of nitrogens with one attached hydrogen (secondary N) is 1. The molecule has 2 aromatic rings. The molecule has 0 fully saturated rings. The number of rotatable bonds is 6. The van der Waals surface area contributed by atoms with Crippen LogP contribution in [0, 0.1) is 0 Å². The number of benzene rings is 1. The number of aromatic amines is 1. The normalized spacial score (nSPS) is 14.4. The number of H-pyrrole nitrogens is 1. The summed E-state index contributed by atoms with van der Waals surface area (Å²) in [5.41, 5.74) is 2.65. The largest absolute Gasteiger partial charge is 0.312 e. The molecule has 0 saturated heterocycles. The number of thioether (sulfide) groups is 1. The van der Waals surface area contributed by atoms with Crippen LogP contribution >= 0.6 is 11.8 Å². The SMILES string of the molecule is CCCc1nc(SC(C)C(=O)c2ccc3c(c2)CCN3C(C)=O)n[nH]1. The Morgan fingerprint density at radius 3 is 2.92 bits per heavy atom. The quantitative estimate of drug-likeness (QED) is 0.634. The summed E-state index contributed by atoms with van der Waals surface area (Å²) in [6.45, 7) is 6.21. The number of amides is 1. The first-order valence-corrected chi connectivity index (χ1v) is 9.40. The number of hydrogen-bond acceptors (Lipinski definition) is 5. The first kappa shape index (κ1) is 17.7. The molecule has 1 aromatic heterocycles. The first-order valence-electron chi connectivity index (χ1n) is 8.52. The third kappa shape index (κ3) is 3.76. The molecule has 0 radical (unpaired) electrons. The predicted molar refractivity (Wildman–Crippen MR) is 98.2 cm³/mol. The summed E-state index contributed by atoms with van der Waals surface area (Å²) in [5.74, 6) is 0.941. The van der Waals surface area contributed by atoms with Gasteiger partial charge in [-0.05, 0) is 43.5 Å². The molecule has 1 aliphatic heterocycles. The Labute approximate surface area is 151 Å². The molecular formula is C18H22N4O2S. The highest BCUT2D eigenvalue weighted by Gasteiger charge is 2.25. The average Bonchev–Trinajstić information content (AvgIpc) is 3.20. The smallest absolute Gasteiger partial charge is 0.223 e. The molecule has 1 atom stereocenters. The fourth-order valence-corrected chi connectivity index (χ4v) is 3.83. The molecule has 6 nitrogen and oxygen atoms in total. The lowest BCUT2D eigenvalue weighted by Gasteiger charge is -2.15. The zero-order chi connectivity index (χ0) is 18.0. The average molecular weight is 358 g/mol. The van der Waals surface area contributed by atoms with Crippen molar-refractivity contribution in [3.63, 3.8) is 0 Å². The van der Waals surface area contributed by atoms with Gasteiger partial charge in [0.15, 0.2) is 5.78 Å². The van der Waals surface area contributed by atoms with E-state index >= 15 is 0 Å². The molecule has 3 rings (SSSR count). The number of anilines is 1. The van der Waals surface area contributed by atoms with Crippen molar-refractivity contribution in [2.24, 2.45) is 0 Å². The second kappa shape index (κ2) is 7.39. The second-order valence-electron chi connectivity index (χ2n) is 6.20. The van der Waals surface area contributed by atoms with E-state index < -0.39 is 0 Å². The molecule has 1 unspecified atom stereocenters. The maximum absolute atomic E-state index is 12.7. The van der Waals surface area contributed by atoms with Gasteiger partial charge in [-0.25, -0.2) is 4.98 Å². The fraction of sp³-hybridized carbons (Fsp3) is 0.444. The number of nitrogens with zero attached hydrogens (tertiary/aromatic N) is 3. The highest BCUT2D eigenvalue weighted by Crippen LogP contribution is 2.30. The van der Waals surface area contributed by atoms with Gasteiger partial charge in [-0.15, -0.1) is 5.10 Å². The lowest BCUT2D eigenvalue weighted by atomic mass is 10.0. The van der Waals surface area contributed by atoms with Crippen LogP contribution in [0.4, 0.5) is 5.69 Å². The van der Waals surface area contributed by atoms with Crippen LogP contribution < -0.4 is 4.90 Å². The van der Waals surface area contributed by atoms with Crippen molar-refractivity contribution >= 4 is 29.1 Å². The molecule has 0 bridgehead atoms. The van der Waals surface area contributed by atoms with Crippen molar-refractivity contribution in [3.8, 4) is 0 Å². The summed E-state index contributed by atoms with van der Waals surface area (Å²) in [6, 6.07) is 5.60. The van der Waals surface area contributed by atoms with E-state index in [9.17, 15) is 9.59 Å². The Hall–Kier alpha value is -2.15. The Kier molecular flexibility index (Phi) is 5.22. The molecule has 0 spiro atoms. The van der Waals surface area contributed by atoms with Crippen LogP contribution in [0.15, 0.2) is 23.4 Å². The van der Waals surface area contributed by atoms with Gasteiger partial charge < -0.3 is 4.90 Å². The molecule has 1 N–H and O–H groups in total. The molecule has 132 valence electrons. The Balaban J connectivity index is 1.71. The third-order valence-electron chi connectivity index (χ3n) is 4.29. The summed E-state index contributed by atoms with van der Waals surface area (Å²) in [7, 11) is 0. The molecule has 0 saturated carbocycles. The predicted octanol–water partition coefficient (Wildman–Crippen LogP) is 3.03. The van der Waals surface area contributed by atoms with Crippen LogP contribution in [0.1, 0.15) is 48.9 Å². The fourth-order valence-electron chi connectivity index (χ4n) is 3.01. The maximum atomic E-state index is 12.7. The number of ketones is 1. The number of fused-ring (bicyclic) bond motifs is 1. The maximum Gasteiger partial charge on any atom is 0.223 e. The molecule has 25 heavy (non-hydrogen) atoms. The minimum Gasteiger partial charge on any atom is -0.312 e. The van der Waals surface area contributed by atoms with E-state index in [-0.39, 0.29) is 16.9 Å². The topological polar surface area (TPSA) is 79.0 Å². The van der Waals surface area contributed by atoms with E-state index in [2.05, 4.69) is 22.1 Å². The number of carbonyl (C=O) groups excluding carboxylic acids is 2. The minimum absolute atomic E-state index is 0.0363. The number of aromatic nitrogens is 3. The van der Waals surface area contributed by atoms with E-state index in [0.717, 1.165) is 36.3 Å². The van der Waals surface area contributed by atoms with Crippen molar-refractivity contribution in [1.29, 1.82) is 0 Å². The van der Waals surface area contributed by atoms with Gasteiger partial charge in [0.25, 0.3) is 0 Å². The number of carbonyl (C=O) groups is 2. The molecule has 2 heterocycles. The number of hydrogen-bond donors (Lipinski definition) is 1. The zero-order valence-electron chi connectivity index (χ0n) is 14.7. The van der Waals surface area contributed by atoms with Gasteiger partial charge in [-0.2, -0.15) is 0 Å². The van der Waals surface area contributed by atoms with Crippen molar-refractivity contribution in [2.75, 3.05) is 11.4 Å². The van der Waals surface area contributed by atoms with Gasteiger partial charge in [-0.1, -0.05) is 18.7 Å². The lowest BCUT2D eigenvalue weighted by Crippen LogP contribution is -2.25. The van der Waals surface area contributed by atoms with E-state index in [0.29, 0.717) is 17.3 Å². The van der Waals surface area contributed by atoms with E-state index in [1.54, 1.807) is 17.9 Å². The Morgan fingerprint density at radius 2 is 2.20 bits per heavy atom. The molecule has 7 heteroatoms. The highest BCUT2D eigenvalue weighted by atomic mass is 32.2. The minimum atomic E-state index is -0.270. The van der Waals surface area contributed by atoms with Gasteiger partial charge in [0.2, 0.25) is 11.1 Å². The van der Waals surface area contributed by atoms with Gasteiger partial charge >= 0.3 is 0 Å². The van der Waals surface area contributed by atoms with Crippen LogP contribution in [-0.4, -0.2) is 38.7 Å².